The first-order valence-electron chi connectivity index (χ1n) is 18.9. The third kappa shape index (κ3) is 6.08. The second-order valence-corrected chi connectivity index (χ2v) is 16.2. The van der Waals surface area contributed by atoms with Crippen molar-refractivity contribution in [3.8, 4) is 16.9 Å². The van der Waals surface area contributed by atoms with Gasteiger partial charge < -0.3 is 33.9 Å². The molecule has 0 spiro atoms. The number of aromatic nitrogens is 4. The number of nitrogens with zero attached hydrogens (tertiary/aromatic N) is 7. The molecule has 0 aromatic carbocycles. The molecular weight excluding hydrogens is 672 g/mol. The summed E-state index contributed by atoms with van der Waals surface area (Å²) >= 11 is 0. The van der Waals surface area contributed by atoms with Crippen LogP contribution in [0.2, 0.25) is 0 Å². The highest BCUT2D eigenvalue weighted by Crippen LogP contribution is 2.47. The predicted molar refractivity (Wildman–Crippen MR) is 202 cm³/mol. The van der Waals surface area contributed by atoms with Gasteiger partial charge in [-0.1, -0.05) is 13.8 Å². The average Bonchev–Trinajstić information content (AvgIpc) is 3.82. The van der Waals surface area contributed by atoms with Gasteiger partial charge in [-0.25, -0.2) is 9.97 Å². The summed E-state index contributed by atoms with van der Waals surface area (Å²) in [5.74, 6) is 1.54. The lowest BCUT2D eigenvalue weighted by atomic mass is 9.90. The lowest BCUT2D eigenvalue weighted by Gasteiger charge is -2.46. The van der Waals surface area contributed by atoms with Crippen molar-refractivity contribution in [2.75, 3.05) is 54.5 Å². The van der Waals surface area contributed by atoms with Crippen molar-refractivity contribution >= 4 is 28.9 Å². The molecule has 1 saturated carbocycles. The molecule has 5 aliphatic rings. The molecule has 0 unspecified atom stereocenters. The molecule has 53 heavy (non-hydrogen) atoms. The number of anilines is 4. The van der Waals surface area contributed by atoms with Gasteiger partial charge in [-0.05, 0) is 67.9 Å². The highest BCUT2D eigenvalue weighted by Gasteiger charge is 2.43. The van der Waals surface area contributed by atoms with E-state index in [1.807, 2.05) is 24.4 Å². The van der Waals surface area contributed by atoms with Gasteiger partial charge >= 0.3 is 0 Å². The van der Waals surface area contributed by atoms with Crippen molar-refractivity contribution in [2.45, 2.75) is 77.8 Å². The van der Waals surface area contributed by atoms with Crippen LogP contribution in [0.3, 0.4) is 0 Å². The van der Waals surface area contributed by atoms with Crippen LogP contribution in [-0.4, -0.2) is 92.6 Å². The standard InChI is InChI=1S/C40H48N8O5/c1-24-19-45(27-22-52-23-27)11-12-46(24)26-5-8-34(42-18-26)43-32-15-25(20-44(4)38(32)50)29-9-10-41-37(31(29)21-49)48-14-13-47-33-17-40(2,3)16-30(33)36(35(47)39(48)51)53-28-6-7-28/h5,8-10,15,18,20,24,27-28,49H,6-7,11-14,16-17,19,21-23H2,1-4H3,(H,42,43)/t24-/m0/s1. The van der Waals surface area contributed by atoms with Gasteiger partial charge in [0.25, 0.3) is 11.5 Å². The van der Waals surface area contributed by atoms with Crippen molar-refractivity contribution in [3.05, 3.63) is 75.7 Å². The number of carbonyl (C=O) groups excluding carboxylic acids is 1. The zero-order chi connectivity index (χ0) is 36.6. The van der Waals surface area contributed by atoms with E-state index in [0.29, 0.717) is 64.9 Å². The van der Waals surface area contributed by atoms with E-state index in [-0.39, 0.29) is 29.6 Å². The van der Waals surface area contributed by atoms with Gasteiger partial charge in [0.15, 0.2) is 11.4 Å². The van der Waals surface area contributed by atoms with Gasteiger partial charge in [0, 0.05) is 80.6 Å². The van der Waals surface area contributed by atoms with Crippen molar-refractivity contribution in [1.82, 2.24) is 24.0 Å². The Morgan fingerprint density at radius 1 is 1.06 bits per heavy atom. The number of pyridine rings is 3. The van der Waals surface area contributed by atoms with Gasteiger partial charge in [0.1, 0.15) is 17.3 Å². The van der Waals surface area contributed by atoms with Crippen LogP contribution in [0.5, 0.6) is 5.75 Å². The van der Waals surface area contributed by atoms with E-state index in [4.69, 9.17) is 9.47 Å². The van der Waals surface area contributed by atoms with E-state index >= 15 is 0 Å². The maximum Gasteiger partial charge on any atom is 0.280 e. The average molecular weight is 721 g/mol. The predicted octanol–water partition coefficient (Wildman–Crippen LogP) is 4.12. The van der Waals surface area contributed by atoms with Gasteiger partial charge in [-0.2, -0.15) is 0 Å². The summed E-state index contributed by atoms with van der Waals surface area (Å²) in [6.07, 6.45) is 9.22. The third-order valence-electron chi connectivity index (χ3n) is 11.6. The molecule has 0 radical (unpaired) electrons. The number of hydrogen-bond acceptors (Lipinski definition) is 10. The Kier molecular flexibility index (Phi) is 8.35. The largest absolute Gasteiger partial charge is 0.488 e. The number of piperazine rings is 1. The fourth-order valence-corrected chi connectivity index (χ4v) is 8.64. The molecule has 1 amide bonds. The normalized spacial score (nSPS) is 21.4. The van der Waals surface area contributed by atoms with Crippen LogP contribution in [0.1, 0.15) is 60.9 Å². The molecule has 3 aliphatic heterocycles. The Balaban J connectivity index is 0.981. The van der Waals surface area contributed by atoms with Crippen molar-refractivity contribution < 1.29 is 19.4 Å². The van der Waals surface area contributed by atoms with Crippen LogP contribution >= 0.6 is 0 Å². The molecular formula is C40H48N8O5. The summed E-state index contributed by atoms with van der Waals surface area (Å²) in [4.78, 5) is 43.7. The molecule has 2 aliphatic carbocycles. The van der Waals surface area contributed by atoms with Crippen LogP contribution < -0.4 is 25.4 Å². The Labute approximate surface area is 309 Å². The molecule has 1 atom stereocenters. The third-order valence-corrected chi connectivity index (χ3v) is 11.6. The monoisotopic (exact) mass is 720 g/mol. The molecule has 13 nitrogen and oxygen atoms in total. The number of carbonyl (C=O) groups is 1. The van der Waals surface area contributed by atoms with E-state index < -0.39 is 0 Å². The molecule has 278 valence electrons. The molecule has 9 rings (SSSR count). The molecule has 4 aromatic rings. The summed E-state index contributed by atoms with van der Waals surface area (Å²) in [7, 11) is 1.70. The molecule has 0 bridgehead atoms. The second kappa shape index (κ2) is 13.0. The van der Waals surface area contributed by atoms with Gasteiger partial charge in [-0.15, -0.1) is 0 Å². The zero-order valence-corrected chi connectivity index (χ0v) is 31.0. The highest BCUT2D eigenvalue weighted by molar-refractivity contribution is 6.08. The fraction of sp³-hybridized carbons (Fsp3) is 0.500. The summed E-state index contributed by atoms with van der Waals surface area (Å²) in [6.45, 7) is 12.0. The van der Waals surface area contributed by atoms with Crippen molar-refractivity contribution in [1.29, 1.82) is 0 Å². The molecule has 3 fully saturated rings. The van der Waals surface area contributed by atoms with E-state index in [0.717, 1.165) is 75.5 Å². The van der Waals surface area contributed by atoms with E-state index in [2.05, 4.69) is 50.4 Å². The van der Waals surface area contributed by atoms with Crippen LogP contribution in [-0.2, 0) is 37.8 Å². The van der Waals surface area contributed by atoms with Crippen molar-refractivity contribution in [3.63, 3.8) is 0 Å². The minimum absolute atomic E-state index is 0.123. The minimum Gasteiger partial charge on any atom is -0.488 e. The number of fused-ring (bicyclic) bond motifs is 3. The topological polar surface area (TPSA) is 130 Å². The number of aryl methyl sites for hydroxylation is 1. The molecule has 2 saturated heterocycles. The number of hydrogen-bond donors (Lipinski definition) is 2. The summed E-state index contributed by atoms with van der Waals surface area (Å²) in [6, 6.07) is 8.42. The Morgan fingerprint density at radius 3 is 2.58 bits per heavy atom. The zero-order valence-electron chi connectivity index (χ0n) is 31.0. The first-order valence-corrected chi connectivity index (χ1v) is 18.9. The number of aliphatic hydroxyl groups excluding tert-OH is 1. The molecule has 2 N–H and O–H groups in total. The second-order valence-electron chi connectivity index (χ2n) is 16.2. The first-order chi connectivity index (χ1) is 25.6. The summed E-state index contributed by atoms with van der Waals surface area (Å²) < 4.78 is 15.5. The smallest absolute Gasteiger partial charge is 0.280 e. The summed E-state index contributed by atoms with van der Waals surface area (Å²) in [5, 5.41) is 14.1. The number of rotatable bonds is 9. The number of nitrogens with one attached hydrogen (secondary N) is 1. The molecule has 4 aromatic heterocycles. The van der Waals surface area contributed by atoms with E-state index in [9.17, 15) is 14.7 Å². The maximum absolute atomic E-state index is 14.4. The Hall–Kier alpha value is -4.72. The van der Waals surface area contributed by atoms with Gasteiger partial charge in [-0.3, -0.25) is 19.4 Å². The molecule has 13 heteroatoms. The fourth-order valence-electron chi connectivity index (χ4n) is 8.64. The number of aliphatic hydroxyl groups is 1. The van der Waals surface area contributed by atoms with E-state index in [1.165, 1.54) is 10.3 Å². The summed E-state index contributed by atoms with van der Waals surface area (Å²) in [5.41, 5.74) is 6.18. The first kappa shape index (κ1) is 34.1. The maximum atomic E-state index is 14.4. The Bertz CT molecular complexity index is 2130. The van der Waals surface area contributed by atoms with Crippen LogP contribution in [0.15, 0.2) is 47.7 Å². The van der Waals surface area contributed by atoms with Crippen LogP contribution in [0.25, 0.3) is 11.1 Å². The van der Waals surface area contributed by atoms with Gasteiger partial charge in [0.2, 0.25) is 0 Å². The lowest BCUT2D eigenvalue weighted by molar-refractivity contribution is -0.0691. The SMILES string of the molecule is C[C@H]1CN(C2COC2)CCN1c1ccc(Nc2cc(-c3ccnc(N4CCn5c6c(c(OC7CC7)c5C4=O)CC(C)(C)C6)c3CO)cn(C)c2=O)nc1. The van der Waals surface area contributed by atoms with E-state index in [1.54, 1.807) is 30.4 Å². The Morgan fingerprint density at radius 2 is 1.89 bits per heavy atom. The quantitative estimate of drug-likeness (QED) is 0.261. The molecule has 7 heterocycles. The minimum atomic E-state index is -0.338. The van der Waals surface area contributed by atoms with Crippen molar-refractivity contribution in [2.24, 2.45) is 12.5 Å². The van der Waals surface area contributed by atoms with Gasteiger partial charge in [0.05, 0.1) is 43.9 Å². The van der Waals surface area contributed by atoms with Crippen LogP contribution in [0.4, 0.5) is 23.0 Å². The number of amides is 1. The lowest BCUT2D eigenvalue weighted by Crippen LogP contribution is -2.59. The number of ether oxygens (including phenoxy) is 2. The van der Waals surface area contributed by atoms with Crippen LogP contribution in [0, 0.1) is 5.41 Å². The highest BCUT2D eigenvalue weighted by atomic mass is 16.5.